The first-order chi connectivity index (χ1) is 12.6. The van der Waals surface area contributed by atoms with E-state index in [0.717, 1.165) is 41.0 Å². The second-order valence-corrected chi connectivity index (χ2v) is 9.33. The molecule has 0 aliphatic carbocycles. The van der Waals surface area contributed by atoms with E-state index in [4.69, 9.17) is 0 Å². The predicted octanol–water partition coefficient (Wildman–Crippen LogP) is 7.90. The third-order valence-electron chi connectivity index (χ3n) is 4.05. The number of hydrogen-bond donors (Lipinski definition) is 0. The molecule has 0 spiro atoms. The summed E-state index contributed by atoms with van der Waals surface area (Å²) in [7, 11) is 0. The monoisotopic (exact) mass is 502 g/mol. The topological polar surface area (TPSA) is 17.1 Å². The summed E-state index contributed by atoms with van der Waals surface area (Å²) < 4.78 is 2.06. The van der Waals surface area contributed by atoms with Crippen molar-refractivity contribution < 1.29 is 4.79 Å². The van der Waals surface area contributed by atoms with E-state index in [1.54, 1.807) is 0 Å². The summed E-state index contributed by atoms with van der Waals surface area (Å²) in [5, 5.41) is 3.97. The third-order valence-corrected chi connectivity index (χ3v) is 6.94. The van der Waals surface area contributed by atoms with Crippen molar-refractivity contribution in [2.24, 2.45) is 0 Å². The van der Waals surface area contributed by atoms with Crippen LogP contribution in [-0.4, -0.2) is 5.78 Å². The molecule has 26 heavy (non-hydrogen) atoms. The summed E-state index contributed by atoms with van der Waals surface area (Å²) >= 11 is 9.92. The van der Waals surface area contributed by atoms with Gasteiger partial charge in [0.25, 0.3) is 0 Å². The highest BCUT2D eigenvalue weighted by Gasteiger charge is 2.21. The van der Waals surface area contributed by atoms with Crippen molar-refractivity contribution >= 4 is 60.3 Å². The van der Waals surface area contributed by atoms with Gasteiger partial charge in [-0.3, -0.25) is 4.79 Å². The first kappa shape index (κ1) is 17.9. The van der Waals surface area contributed by atoms with Crippen LogP contribution in [0.1, 0.15) is 14.5 Å². The molecule has 0 saturated carbocycles. The Kier molecular flexibility index (Phi) is 5.23. The number of ketones is 1. The lowest BCUT2D eigenvalue weighted by Crippen LogP contribution is -1.99. The van der Waals surface area contributed by atoms with E-state index in [0.29, 0.717) is 0 Å². The number of carbonyl (C=O) groups is 1. The van der Waals surface area contributed by atoms with Crippen molar-refractivity contribution in [2.75, 3.05) is 0 Å². The number of carbonyl (C=O) groups excluding carboxylic acids is 1. The van der Waals surface area contributed by atoms with Crippen molar-refractivity contribution in [3.8, 4) is 22.3 Å². The molecule has 0 amide bonds. The Morgan fingerprint density at radius 3 is 1.38 bits per heavy atom. The summed E-state index contributed by atoms with van der Waals surface area (Å²) in [5.41, 5.74) is 4.09. The van der Waals surface area contributed by atoms with Gasteiger partial charge < -0.3 is 0 Å². The Labute approximate surface area is 176 Å². The molecule has 2 heterocycles. The summed E-state index contributed by atoms with van der Waals surface area (Å²) in [6.07, 6.45) is 0. The Balaban J connectivity index is 1.75. The van der Waals surface area contributed by atoms with Gasteiger partial charge in [0.05, 0.1) is 9.75 Å². The maximum absolute atomic E-state index is 13.3. The van der Waals surface area contributed by atoms with Crippen LogP contribution in [0.15, 0.2) is 80.4 Å². The third kappa shape index (κ3) is 3.49. The van der Waals surface area contributed by atoms with Gasteiger partial charge in [0.1, 0.15) is 0 Å². The molecule has 0 aliphatic heterocycles. The Morgan fingerprint density at radius 1 is 0.615 bits per heavy atom. The van der Waals surface area contributed by atoms with E-state index < -0.39 is 0 Å². The van der Waals surface area contributed by atoms with Crippen molar-refractivity contribution in [1.82, 2.24) is 0 Å². The van der Waals surface area contributed by atoms with Gasteiger partial charge in [0.2, 0.25) is 5.78 Å². The lowest BCUT2D eigenvalue weighted by Gasteiger charge is -2.06. The fraction of sp³-hybridized carbons (Fsp3) is 0. The summed E-state index contributed by atoms with van der Waals surface area (Å²) in [4.78, 5) is 14.9. The predicted molar refractivity (Wildman–Crippen MR) is 118 cm³/mol. The molecule has 2 aromatic heterocycles. The number of halogens is 2. The lowest BCUT2D eigenvalue weighted by atomic mass is 10.0. The van der Waals surface area contributed by atoms with Crippen LogP contribution in [0.25, 0.3) is 22.3 Å². The second kappa shape index (κ2) is 7.61. The van der Waals surface area contributed by atoms with Crippen LogP contribution in [0, 0.1) is 0 Å². The number of hydrogen-bond acceptors (Lipinski definition) is 3. The molecule has 4 rings (SSSR count). The molecule has 0 bridgehead atoms. The van der Waals surface area contributed by atoms with Gasteiger partial charge in [-0.2, -0.15) is 0 Å². The zero-order valence-corrected chi connectivity index (χ0v) is 18.2. The van der Waals surface area contributed by atoms with Crippen LogP contribution in [0.5, 0.6) is 0 Å². The van der Waals surface area contributed by atoms with Gasteiger partial charge in [-0.25, -0.2) is 0 Å². The van der Waals surface area contributed by atoms with Crippen LogP contribution in [-0.2, 0) is 0 Å². The van der Waals surface area contributed by atoms with E-state index in [-0.39, 0.29) is 5.78 Å². The van der Waals surface area contributed by atoms with Gasteiger partial charge in [0.15, 0.2) is 0 Å². The van der Waals surface area contributed by atoms with Crippen molar-refractivity contribution in [2.45, 2.75) is 0 Å². The van der Waals surface area contributed by atoms with E-state index in [9.17, 15) is 4.79 Å². The van der Waals surface area contributed by atoms with E-state index in [2.05, 4.69) is 31.9 Å². The summed E-state index contributed by atoms with van der Waals surface area (Å²) in [6, 6.07) is 20.2. The van der Waals surface area contributed by atoms with Crippen molar-refractivity contribution in [1.29, 1.82) is 0 Å². The highest BCUT2D eigenvalue weighted by molar-refractivity contribution is 9.10. The van der Waals surface area contributed by atoms with E-state index in [1.165, 1.54) is 22.7 Å². The molecule has 128 valence electrons. The maximum atomic E-state index is 13.3. The van der Waals surface area contributed by atoms with Gasteiger partial charge in [-0.1, -0.05) is 56.1 Å². The SMILES string of the molecule is O=C(c1sccc1-c1ccc(Br)cc1)c1sccc1-c1ccc(Br)cc1. The highest BCUT2D eigenvalue weighted by Crippen LogP contribution is 2.36. The fourth-order valence-corrected chi connectivity index (χ4v) is 5.10. The average Bonchev–Trinajstić information content (AvgIpc) is 3.32. The zero-order chi connectivity index (χ0) is 18.1. The quantitative estimate of drug-likeness (QED) is 0.258. The number of thiophene rings is 2. The van der Waals surface area contributed by atoms with Crippen molar-refractivity contribution in [3.05, 3.63) is 90.1 Å². The molecule has 0 radical (unpaired) electrons. The van der Waals surface area contributed by atoms with Crippen LogP contribution in [0.3, 0.4) is 0 Å². The molecular weight excluding hydrogens is 492 g/mol. The Bertz CT molecular complexity index is 974. The number of benzene rings is 2. The fourth-order valence-electron chi connectivity index (χ4n) is 2.79. The molecule has 0 unspecified atom stereocenters. The minimum absolute atomic E-state index is 0.0887. The van der Waals surface area contributed by atoms with Gasteiger partial charge in [-0.05, 0) is 58.3 Å². The van der Waals surface area contributed by atoms with Crippen LogP contribution < -0.4 is 0 Å². The van der Waals surface area contributed by atoms with Crippen LogP contribution in [0.2, 0.25) is 0 Å². The van der Waals surface area contributed by atoms with E-state index >= 15 is 0 Å². The highest BCUT2D eigenvalue weighted by atomic mass is 79.9. The van der Waals surface area contributed by atoms with Gasteiger partial charge in [-0.15, -0.1) is 22.7 Å². The van der Waals surface area contributed by atoms with Crippen molar-refractivity contribution in [3.63, 3.8) is 0 Å². The Hall–Kier alpha value is -1.53. The van der Waals surface area contributed by atoms with Gasteiger partial charge >= 0.3 is 0 Å². The molecule has 0 aliphatic rings. The van der Waals surface area contributed by atoms with Gasteiger partial charge in [0, 0.05) is 20.1 Å². The Morgan fingerprint density at radius 2 is 1.00 bits per heavy atom. The molecule has 4 aromatic rings. The summed E-state index contributed by atoms with van der Waals surface area (Å²) in [5.74, 6) is 0.0887. The lowest BCUT2D eigenvalue weighted by molar-refractivity contribution is 0.104. The zero-order valence-electron chi connectivity index (χ0n) is 13.4. The molecule has 0 atom stereocenters. The standard InChI is InChI=1S/C21H12Br2OS2/c22-15-5-1-13(2-6-15)17-9-11-25-20(17)19(24)21-18(10-12-26-21)14-3-7-16(23)8-4-14/h1-12H. The molecule has 0 fully saturated rings. The minimum Gasteiger partial charge on any atom is -0.287 e. The molecular formula is C21H12Br2OS2. The van der Waals surface area contributed by atoms with E-state index in [1.807, 2.05) is 71.4 Å². The largest absolute Gasteiger partial charge is 0.287 e. The molecule has 0 N–H and O–H groups in total. The maximum Gasteiger partial charge on any atom is 0.214 e. The molecule has 0 saturated heterocycles. The van der Waals surface area contributed by atoms with Crippen LogP contribution in [0.4, 0.5) is 0 Å². The normalized spacial score (nSPS) is 10.8. The molecule has 1 nitrogen and oxygen atoms in total. The molecule has 2 aromatic carbocycles. The minimum atomic E-state index is 0.0887. The number of rotatable bonds is 4. The first-order valence-electron chi connectivity index (χ1n) is 7.85. The second-order valence-electron chi connectivity index (χ2n) is 5.67. The molecule has 5 heteroatoms. The first-order valence-corrected chi connectivity index (χ1v) is 11.2. The van der Waals surface area contributed by atoms with Crippen LogP contribution >= 0.6 is 54.5 Å². The summed E-state index contributed by atoms with van der Waals surface area (Å²) in [6.45, 7) is 0. The smallest absolute Gasteiger partial charge is 0.214 e. The average molecular weight is 504 g/mol.